The first-order valence-corrected chi connectivity index (χ1v) is 9.38. The Morgan fingerprint density at radius 1 is 1.07 bits per heavy atom. The van der Waals surface area contributed by atoms with Crippen molar-refractivity contribution in [3.8, 4) is 5.75 Å². The highest BCUT2D eigenvalue weighted by Gasteiger charge is 2.12. The predicted octanol–water partition coefficient (Wildman–Crippen LogP) is 2.97. The molecule has 0 saturated heterocycles. The second kappa shape index (κ2) is 11.1. The van der Waals surface area contributed by atoms with Crippen molar-refractivity contribution in [2.24, 2.45) is 0 Å². The summed E-state index contributed by atoms with van der Waals surface area (Å²) in [6, 6.07) is 14.2. The zero-order chi connectivity index (χ0) is 20.4. The molecular weight excluding hydrogens is 359 g/mol. The Morgan fingerprint density at radius 3 is 2.57 bits per heavy atom. The molecule has 1 N–H and O–H groups in total. The molecule has 0 aliphatic rings. The van der Waals surface area contributed by atoms with E-state index in [1.54, 1.807) is 30.2 Å². The van der Waals surface area contributed by atoms with Crippen molar-refractivity contribution in [3.63, 3.8) is 0 Å². The van der Waals surface area contributed by atoms with E-state index < -0.39 is 0 Å². The van der Waals surface area contributed by atoms with Crippen LogP contribution in [-0.2, 0) is 22.4 Å². The summed E-state index contributed by atoms with van der Waals surface area (Å²) in [5.74, 6) is 0.276. The van der Waals surface area contributed by atoms with Gasteiger partial charge in [0.1, 0.15) is 11.6 Å². The fourth-order valence-corrected chi connectivity index (χ4v) is 2.88. The number of nitrogens with zero attached hydrogens (tertiary/aromatic N) is 1. The molecule has 0 atom stereocenters. The van der Waals surface area contributed by atoms with E-state index in [2.05, 4.69) is 5.32 Å². The van der Waals surface area contributed by atoms with Gasteiger partial charge in [-0.25, -0.2) is 4.39 Å². The first kappa shape index (κ1) is 21.4. The van der Waals surface area contributed by atoms with E-state index in [9.17, 15) is 14.0 Å². The van der Waals surface area contributed by atoms with Crippen LogP contribution < -0.4 is 10.1 Å². The standard InChI is InChI=1S/C22H27FN2O3/c1-17(26)25(14-11-19-7-3-4-9-21(19)23)15-12-22(27)24-13-10-18-6-5-8-20(16-18)28-2/h3-9,16H,10-15H2,1-2H3,(H,24,27). The molecule has 0 bridgehead atoms. The van der Waals surface area contributed by atoms with E-state index in [1.807, 2.05) is 24.3 Å². The molecule has 0 aliphatic carbocycles. The lowest BCUT2D eigenvalue weighted by Crippen LogP contribution is -2.35. The Balaban J connectivity index is 1.74. The number of carbonyl (C=O) groups excluding carboxylic acids is 2. The zero-order valence-corrected chi connectivity index (χ0v) is 16.4. The Morgan fingerprint density at radius 2 is 1.86 bits per heavy atom. The first-order chi connectivity index (χ1) is 13.5. The fourth-order valence-electron chi connectivity index (χ4n) is 2.88. The summed E-state index contributed by atoms with van der Waals surface area (Å²) in [4.78, 5) is 25.5. The number of methoxy groups -OCH3 is 1. The van der Waals surface area contributed by atoms with Crippen molar-refractivity contribution in [1.82, 2.24) is 10.2 Å². The average molecular weight is 386 g/mol. The number of hydrogen-bond donors (Lipinski definition) is 1. The van der Waals surface area contributed by atoms with Gasteiger partial charge in [-0.05, 0) is 42.2 Å². The van der Waals surface area contributed by atoms with E-state index in [1.165, 1.54) is 13.0 Å². The summed E-state index contributed by atoms with van der Waals surface area (Å²) < 4.78 is 18.9. The first-order valence-electron chi connectivity index (χ1n) is 9.38. The molecule has 0 aliphatic heterocycles. The van der Waals surface area contributed by atoms with Gasteiger partial charge in [0.15, 0.2) is 0 Å². The quantitative estimate of drug-likeness (QED) is 0.683. The van der Waals surface area contributed by atoms with Crippen molar-refractivity contribution >= 4 is 11.8 Å². The van der Waals surface area contributed by atoms with Gasteiger partial charge >= 0.3 is 0 Å². The maximum atomic E-state index is 13.7. The molecule has 2 amide bonds. The van der Waals surface area contributed by atoms with Gasteiger partial charge in [-0.1, -0.05) is 30.3 Å². The zero-order valence-electron chi connectivity index (χ0n) is 16.4. The monoisotopic (exact) mass is 386 g/mol. The van der Waals surface area contributed by atoms with E-state index in [0.29, 0.717) is 38.0 Å². The number of carbonyl (C=O) groups is 2. The molecule has 2 aromatic rings. The van der Waals surface area contributed by atoms with Crippen molar-refractivity contribution in [3.05, 3.63) is 65.5 Å². The number of amides is 2. The SMILES string of the molecule is COc1cccc(CCNC(=O)CCN(CCc2ccccc2F)C(C)=O)c1. The molecule has 6 heteroatoms. The van der Waals surface area contributed by atoms with E-state index >= 15 is 0 Å². The molecule has 0 aromatic heterocycles. The fraction of sp³-hybridized carbons (Fsp3) is 0.364. The third kappa shape index (κ3) is 7.02. The maximum absolute atomic E-state index is 13.7. The molecule has 0 unspecified atom stereocenters. The van der Waals surface area contributed by atoms with Crippen molar-refractivity contribution < 1.29 is 18.7 Å². The van der Waals surface area contributed by atoms with Gasteiger partial charge in [0.2, 0.25) is 11.8 Å². The molecular formula is C22H27FN2O3. The number of halogens is 1. The Bertz CT molecular complexity index is 795. The van der Waals surface area contributed by atoms with Gasteiger partial charge in [-0.3, -0.25) is 9.59 Å². The van der Waals surface area contributed by atoms with Crippen LogP contribution in [-0.4, -0.2) is 43.5 Å². The molecule has 0 fully saturated rings. The predicted molar refractivity (Wildman–Crippen MR) is 107 cm³/mol. The molecule has 0 spiro atoms. The lowest BCUT2D eigenvalue weighted by atomic mass is 10.1. The Labute approximate surface area is 165 Å². The molecule has 0 radical (unpaired) electrons. The number of benzene rings is 2. The third-order valence-electron chi connectivity index (χ3n) is 4.53. The van der Waals surface area contributed by atoms with Gasteiger partial charge < -0.3 is 15.0 Å². The molecule has 150 valence electrons. The number of hydrogen-bond acceptors (Lipinski definition) is 3. The number of rotatable bonds is 10. The normalized spacial score (nSPS) is 10.4. The van der Waals surface area contributed by atoms with Crippen LogP contribution in [0, 0.1) is 5.82 Å². The highest BCUT2D eigenvalue weighted by atomic mass is 19.1. The maximum Gasteiger partial charge on any atom is 0.221 e. The minimum atomic E-state index is -0.277. The largest absolute Gasteiger partial charge is 0.497 e. The smallest absolute Gasteiger partial charge is 0.221 e. The molecule has 0 saturated carbocycles. The summed E-state index contributed by atoms with van der Waals surface area (Å²) in [5, 5.41) is 2.87. The van der Waals surface area contributed by atoms with E-state index in [-0.39, 0.29) is 24.1 Å². The summed E-state index contributed by atoms with van der Waals surface area (Å²) in [7, 11) is 1.62. The Hall–Kier alpha value is -2.89. The summed E-state index contributed by atoms with van der Waals surface area (Å²) >= 11 is 0. The van der Waals surface area contributed by atoms with Crippen LogP contribution in [0.15, 0.2) is 48.5 Å². The van der Waals surface area contributed by atoms with E-state index in [0.717, 1.165) is 11.3 Å². The van der Waals surface area contributed by atoms with Crippen LogP contribution in [0.5, 0.6) is 5.75 Å². The minimum absolute atomic E-state index is 0.111. The van der Waals surface area contributed by atoms with Crippen LogP contribution in [0.1, 0.15) is 24.5 Å². The second-order valence-electron chi connectivity index (χ2n) is 6.55. The lowest BCUT2D eigenvalue weighted by Gasteiger charge is -2.21. The van der Waals surface area contributed by atoms with Crippen LogP contribution in [0.4, 0.5) is 4.39 Å². The van der Waals surface area contributed by atoms with Gasteiger partial charge in [0, 0.05) is 33.0 Å². The Kier molecular flexibility index (Phi) is 8.46. The summed E-state index contributed by atoms with van der Waals surface area (Å²) in [5.41, 5.74) is 1.64. The molecule has 5 nitrogen and oxygen atoms in total. The van der Waals surface area contributed by atoms with Crippen LogP contribution in [0.2, 0.25) is 0 Å². The van der Waals surface area contributed by atoms with Crippen molar-refractivity contribution in [1.29, 1.82) is 0 Å². The summed E-state index contributed by atoms with van der Waals surface area (Å²) in [6.45, 7) is 2.67. The third-order valence-corrected chi connectivity index (χ3v) is 4.53. The van der Waals surface area contributed by atoms with Crippen molar-refractivity contribution in [2.75, 3.05) is 26.7 Å². The van der Waals surface area contributed by atoms with E-state index in [4.69, 9.17) is 4.74 Å². The number of nitrogens with one attached hydrogen (secondary N) is 1. The van der Waals surface area contributed by atoms with Gasteiger partial charge in [0.05, 0.1) is 7.11 Å². The van der Waals surface area contributed by atoms with Crippen LogP contribution in [0.3, 0.4) is 0 Å². The number of ether oxygens (including phenoxy) is 1. The van der Waals surface area contributed by atoms with Gasteiger partial charge in [-0.15, -0.1) is 0 Å². The average Bonchev–Trinajstić information content (AvgIpc) is 2.69. The highest BCUT2D eigenvalue weighted by Crippen LogP contribution is 2.12. The topological polar surface area (TPSA) is 58.6 Å². The summed E-state index contributed by atoms with van der Waals surface area (Å²) in [6.07, 6.45) is 1.34. The minimum Gasteiger partial charge on any atom is -0.497 e. The van der Waals surface area contributed by atoms with Crippen molar-refractivity contribution in [2.45, 2.75) is 26.2 Å². The highest BCUT2D eigenvalue weighted by molar-refractivity contribution is 5.78. The van der Waals surface area contributed by atoms with Crippen LogP contribution in [0.25, 0.3) is 0 Å². The molecule has 2 rings (SSSR count). The second-order valence-corrected chi connectivity index (χ2v) is 6.55. The lowest BCUT2D eigenvalue weighted by molar-refractivity contribution is -0.129. The van der Waals surface area contributed by atoms with Crippen LogP contribution >= 0.6 is 0 Å². The van der Waals surface area contributed by atoms with Gasteiger partial charge in [-0.2, -0.15) is 0 Å². The molecule has 28 heavy (non-hydrogen) atoms. The molecule has 2 aromatic carbocycles. The molecule has 0 heterocycles. The van der Waals surface area contributed by atoms with Gasteiger partial charge in [0.25, 0.3) is 0 Å².